The minimum atomic E-state index is -2.04. The Kier molecular flexibility index (Phi) is 8.50. The van der Waals surface area contributed by atoms with Gasteiger partial charge in [0, 0.05) is 35.3 Å². The number of aliphatic hydroxyl groups excluding tert-OH is 1. The molecule has 0 bridgehead atoms. The molecule has 2 aliphatic heterocycles. The van der Waals surface area contributed by atoms with Crippen molar-refractivity contribution in [1.29, 1.82) is 0 Å². The molecule has 2 heterocycles. The largest absolute Gasteiger partial charge is 0.543 e. The molecule has 236 valence electrons. The number of benzene rings is 3. The van der Waals surface area contributed by atoms with E-state index in [1.54, 1.807) is 0 Å². The molecule has 5 rings (SSSR count). The Morgan fingerprint density at radius 2 is 1.25 bits per heavy atom. The molecular formula is C36H48O6Si2. The smallest absolute Gasteiger partial charge is 0.250 e. The summed E-state index contributed by atoms with van der Waals surface area (Å²) in [6.45, 7) is 22.7. The van der Waals surface area contributed by atoms with Crippen LogP contribution in [0.15, 0.2) is 60.7 Å². The third-order valence-corrected chi connectivity index (χ3v) is 18.5. The zero-order valence-electron chi connectivity index (χ0n) is 28.0. The number of hydrogen-bond acceptors (Lipinski definition) is 6. The van der Waals surface area contributed by atoms with Crippen LogP contribution in [0, 0.1) is 0 Å². The van der Waals surface area contributed by atoms with Crippen molar-refractivity contribution < 1.29 is 28.2 Å². The summed E-state index contributed by atoms with van der Waals surface area (Å²) < 4.78 is 32.0. The summed E-state index contributed by atoms with van der Waals surface area (Å²) in [7, 11) is -4.07. The van der Waals surface area contributed by atoms with Crippen molar-refractivity contribution in [2.75, 3.05) is 13.4 Å². The lowest BCUT2D eigenvalue weighted by Crippen LogP contribution is -2.43. The second-order valence-corrected chi connectivity index (χ2v) is 24.3. The fourth-order valence-corrected chi connectivity index (χ4v) is 7.13. The fourth-order valence-electron chi connectivity index (χ4n) is 5.09. The molecule has 0 aromatic heterocycles. The van der Waals surface area contributed by atoms with Gasteiger partial charge in [-0.1, -0.05) is 53.7 Å². The van der Waals surface area contributed by atoms with Gasteiger partial charge in [-0.15, -0.1) is 0 Å². The maximum absolute atomic E-state index is 9.25. The van der Waals surface area contributed by atoms with Gasteiger partial charge in [0.2, 0.25) is 16.6 Å². The average Bonchev–Trinajstić information content (AvgIpc) is 3.11. The highest BCUT2D eigenvalue weighted by Crippen LogP contribution is 2.53. The maximum Gasteiger partial charge on any atom is 0.250 e. The van der Waals surface area contributed by atoms with Gasteiger partial charge in [-0.2, -0.15) is 0 Å². The van der Waals surface area contributed by atoms with Crippen molar-refractivity contribution in [3.05, 3.63) is 77.4 Å². The van der Waals surface area contributed by atoms with E-state index in [1.165, 1.54) is 5.57 Å². The highest BCUT2D eigenvalue weighted by Gasteiger charge is 2.41. The molecule has 0 aliphatic carbocycles. The summed E-state index contributed by atoms with van der Waals surface area (Å²) >= 11 is 0. The molecule has 1 unspecified atom stereocenters. The Hall–Kier alpha value is -3.21. The van der Waals surface area contributed by atoms with Crippen molar-refractivity contribution in [2.24, 2.45) is 0 Å². The van der Waals surface area contributed by atoms with Gasteiger partial charge in [0.25, 0.3) is 0 Å². The summed E-state index contributed by atoms with van der Waals surface area (Å²) in [5, 5.41) is 9.41. The third-order valence-electron chi connectivity index (χ3n) is 9.74. The first-order valence-electron chi connectivity index (χ1n) is 15.5. The molecule has 3 aromatic rings. The highest BCUT2D eigenvalue weighted by molar-refractivity contribution is 6.75. The zero-order valence-corrected chi connectivity index (χ0v) is 30.0. The van der Waals surface area contributed by atoms with Crippen LogP contribution < -0.4 is 23.1 Å². The summed E-state index contributed by atoms with van der Waals surface area (Å²) in [5.41, 5.74) is 5.36. The van der Waals surface area contributed by atoms with Gasteiger partial charge >= 0.3 is 0 Å². The Morgan fingerprint density at radius 3 is 1.80 bits per heavy atom. The molecule has 3 aromatic carbocycles. The average molecular weight is 633 g/mol. The SMILES string of the molecule is CC(C)(C)[Si](C)(C)Oc1ccc2c(c1)OC(c1ccc(OCO)cc1)C1=C2CCOc2cc(O[Si](C)(C)C(C)(C)C)ccc21. The third kappa shape index (κ3) is 6.30. The molecule has 0 amide bonds. The minimum Gasteiger partial charge on any atom is -0.543 e. The van der Waals surface area contributed by atoms with Crippen LogP contribution in [0.3, 0.4) is 0 Å². The van der Waals surface area contributed by atoms with Gasteiger partial charge in [-0.05, 0) is 83.8 Å². The van der Waals surface area contributed by atoms with Gasteiger partial charge in [0.05, 0.1) is 6.61 Å². The van der Waals surface area contributed by atoms with Gasteiger partial charge in [0.1, 0.15) is 34.9 Å². The second kappa shape index (κ2) is 11.6. The van der Waals surface area contributed by atoms with Crippen molar-refractivity contribution in [3.63, 3.8) is 0 Å². The predicted octanol–water partition coefficient (Wildman–Crippen LogP) is 9.61. The van der Waals surface area contributed by atoms with Crippen molar-refractivity contribution in [1.82, 2.24) is 0 Å². The molecule has 1 atom stereocenters. The van der Waals surface area contributed by atoms with Crippen molar-refractivity contribution >= 4 is 27.8 Å². The normalized spacial score (nSPS) is 16.9. The molecule has 6 nitrogen and oxygen atoms in total. The predicted molar refractivity (Wildman–Crippen MR) is 183 cm³/mol. The summed E-state index contributed by atoms with van der Waals surface area (Å²) in [6, 6.07) is 20.3. The topological polar surface area (TPSA) is 66.4 Å². The van der Waals surface area contributed by atoms with Crippen LogP contribution in [0.25, 0.3) is 11.1 Å². The van der Waals surface area contributed by atoms with Gasteiger partial charge in [-0.3, -0.25) is 0 Å². The number of fused-ring (bicyclic) bond motifs is 4. The molecule has 0 saturated heterocycles. The summed E-state index contributed by atoms with van der Waals surface area (Å²) in [4.78, 5) is 0. The van der Waals surface area contributed by atoms with Crippen LogP contribution in [0.1, 0.15) is 70.8 Å². The molecule has 8 heteroatoms. The van der Waals surface area contributed by atoms with E-state index in [9.17, 15) is 5.11 Å². The van der Waals surface area contributed by atoms with E-state index >= 15 is 0 Å². The molecule has 0 saturated carbocycles. The van der Waals surface area contributed by atoms with Gasteiger partial charge < -0.3 is 28.2 Å². The van der Waals surface area contributed by atoms with Gasteiger partial charge in [-0.25, -0.2) is 0 Å². The Bertz CT molecular complexity index is 1540. The molecule has 0 radical (unpaired) electrons. The minimum absolute atomic E-state index is 0.0792. The first-order valence-corrected chi connectivity index (χ1v) is 21.4. The van der Waals surface area contributed by atoms with Crippen LogP contribution in [0.5, 0.6) is 28.7 Å². The standard InChI is InChI=1S/C36H48O6Si2/c1-35(2,3)43(7,8)41-26-16-18-30-31(21-26)38-20-19-29-28-17-15-27(42-44(9,10)36(4,5)6)22-32(28)40-34(33(29)30)24-11-13-25(14-12-24)39-23-37/h11-18,21-22,34,37H,19-20,23H2,1-10H3. The van der Waals surface area contributed by atoms with Crippen LogP contribution in [0.4, 0.5) is 0 Å². The number of rotatable bonds is 7. The monoisotopic (exact) mass is 632 g/mol. The van der Waals surface area contributed by atoms with E-state index in [0.717, 1.165) is 51.7 Å². The van der Waals surface area contributed by atoms with Crippen LogP contribution in [0.2, 0.25) is 36.3 Å². The number of ether oxygens (including phenoxy) is 3. The van der Waals surface area contributed by atoms with Gasteiger partial charge in [0.15, 0.2) is 6.79 Å². The highest BCUT2D eigenvalue weighted by atomic mass is 28.4. The molecule has 0 spiro atoms. The molecule has 44 heavy (non-hydrogen) atoms. The Balaban J connectivity index is 1.62. The van der Waals surface area contributed by atoms with E-state index < -0.39 is 16.6 Å². The lowest BCUT2D eigenvalue weighted by molar-refractivity contribution is 0.0985. The number of hydrogen-bond donors (Lipinski definition) is 1. The quantitative estimate of drug-likeness (QED) is 0.207. The summed E-state index contributed by atoms with van der Waals surface area (Å²) in [6.07, 6.45) is 0.361. The van der Waals surface area contributed by atoms with E-state index in [0.29, 0.717) is 12.4 Å². The zero-order chi connectivity index (χ0) is 32.1. The first-order chi connectivity index (χ1) is 20.5. The van der Waals surface area contributed by atoms with Crippen LogP contribution in [-0.4, -0.2) is 35.1 Å². The molecular weight excluding hydrogens is 585 g/mol. The Labute approximate surface area is 265 Å². The van der Waals surface area contributed by atoms with Crippen LogP contribution >= 0.6 is 0 Å². The van der Waals surface area contributed by atoms with E-state index in [2.05, 4.69) is 98.1 Å². The van der Waals surface area contributed by atoms with Crippen molar-refractivity contribution in [2.45, 2.75) is 90.3 Å². The number of aliphatic hydroxyl groups is 1. The molecule has 1 N–H and O–H groups in total. The Morgan fingerprint density at radius 1 is 0.727 bits per heavy atom. The lowest BCUT2D eigenvalue weighted by atomic mass is 9.84. The first kappa shape index (κ1) is 32.2. The van der Waals surface area contributed by atoms with E-state index in [4.69, 9.17) is 23.1 Å². The van der Waals surface area contributed by atoms with E-state index in [-0.39, 0.29) is 23.0 Å². The second-order valence-electron chi connectivity index (χ2n) is 14.9. The maximum atomic E-state index is 9.25. The van der Waals surface area contributed by atoms with E-state index in [1.807, 2.05) is 30.3 Å². The fraction of sp³-hybridized carbons (Fsp3) is 0.444. The summed E-state index contributed by atoms with van der Waals surface area (Å²) in [5.74, 6) is 3.89. The molecule has 0 fully saturated rings. The van der Waals surface area contributed by atoms with Crippen LogP contribution in [-0.2, 0) is 0 Å². The lowest BCUT2D eigenvalue weighted by Gasteiger charge is -2.37. The van der Waals surface area contributed by atoms with Crippen molar-refractivity contribution in [3.8, 4) is 28.7 Å². The molecule has 2 aliphatic rings.